The molecule has 0 bridgehead atoms. The van der Waals surface area contributed by atoms with E-state index in [9.17, 15) is 13.4 Å². The SMILES string of the molecule is CS(=O)c1cn(-c2ncc(-c3ccccc3F)cn2)c2cc(C(=O)N3CCOC(C)(C)C3)ccc12. The monoisotopic (exact) mass is 492 g/mol. The molecule has 0 spiro atoms. The molecule has 1 amide bonds. The van der Waals surface area contributed by atoms with Crippen LogP contribution in [0.25, 0.3) is 28.0 Å². The third-order valence-electron chi connectivity index (χ3n) is 6.08. The standard InChI is InChI=1S/C26H25FN4O3S/c1-26(2)16-30(10-11-34-26)24(32)17-8-9-20-22(12-17)31(15-23(20)35(3)33)25-28-13-18(14-29-25)19-6-4-5-7-21(19)27/h4-9,12-15H,10-11,16H2,1-3H3. The van der Waals surface area contributed by atoms with E-state index in [-0.39, 0.29) is 11.7 Å². The number of aromatic nitrogens is 3. The van der Waals surface area contributed by atoms with Crippen molar-refractivity contribution < 1.29 is 18.1 Å². The molecule has 180 valence electrons. The summed E-state index contributed by atoms with van der Waals surface area (Å²) in [5, 5.41) is 0.756. The predicted molar refractivity (Wildman–Crippen MR) is 133 cm³/mol. The largest absolute Gasteiger partial charge is 0.372 e. The number of hydrogen-bond acceptors (Lipinski definition) is 5. The van der Waals surface area contributed by atoms with Crippen molar-refractivity contribution in [1.29, 1.82) is 0 Å². The normalized spacial score (nSPS) is 16.4. The number of carbonyl (C=O) groups excluding carboxylic acids is 1. The van der Waals surface area contributed by atoms with Crippen LogP contribution in [0, 0.1) is 5.82 Å². The first kappa shape index (κ1) is 23.3. The fourth-order valence-electron chi connectivity index (χ4n) is 4.38. The molecule has 3 heterocycles. The minimum Gasteiger partial charge on any atom is -0.372 e. The van der Waals surface area contributed by atoms with Gasteiger partial charge in [-0.15, -0.1) is 0 Å². The summed E-state index contributed by atoms with van der Waals surface area (Å²) in [6.07, 6.45) is 6.45. The van der Waals surface area contributed by atoms with Gasteiger partial charge in [0, 0.05) is 60.0 Å². The van der Waals surface area contributed by atoms with Crippen LogP contribution in [0.5, 0.6) is 0 Å². The first-order valence-corrected chi connectivity index (χ1v) is 12.8. The lowest BCUT2D eigenvalue weighted by molar-refractivity contribution is -0.0763. The summed E-state index contributed by atoms with van der Waals surface area (Å²) in [6.45, 7) is 5.43. The summed E-state index contributed by atoms with van der Waals surface area (Å²) in [6, 6.07) is 11.8. The molecule has 2 aromatic heterocycles. The molecule has 1 fully saturated rings. The van der Waals surface area contributed by atoms with Gasteiger partial charge in [0.1, 0.15) is 5.82 Å². The van der Waals surface area contributed by atoms with Crippen molar-refractivity contribution in [2.45, 2.75) is 24.3 Å². The summed E-state index contributed by atoms with van der Waals surface area (Å²) < 4.78 is 34.1. The van der Waals surface area contributed by atoms with Crippen LogP contribution in [0.15, 0.2) is 66.0 Å². The molecule has 0 aliphatic carbocycles. The van der Waals surface area contributed by atoms with Gasteiger partial charge in [-0.25, -0.2) is 14.4 Å². The van der Waals surface area contributed by atoms with Gasteiger partial charge in [-0.3, -0.25) is 13.6 Å². The Balaban J connectivity index is 1.56. The van der Waals surface area contributed by atoms with Gasteiger partial charge >= 0.3 is 0 Å². The molecule has 1 saturated heterocycles. The van der Waals surface area contributed by atoms with Crippen LogP contribution in [0.4, 0.5) is 4.39 Å². The number of benzene rings is 2. The van der Waals surface area contributed by atoms with Crippen molar-refractivity contribution in [2.24, 2.45) is 0 Å². The topological polar surface area (TPSA) is 77.3 Å². The summed E-state index contributed by atoms with van der Waals surface area (Å²) in [4.78, 5) is 24.6. The van der Waals surface area contributed by atoms with Crippen molar-refractivity contribution in [1.82, 2.24) is 19.4 Å². The number of hydrogen-bond donors (Lipinski definition) is 0. The fraction of sp³-hybridized carbons (Fsp3) is 0.269. The number of morpholine rings is 1. The Morgan fingerprint density at radius 1 is 1.14 bits per heavy atom. The third-order valence-corrected chi connectivity index (χ3v) is 7.02. The number of ether oxygens (including phenoxy) is 1. The van der Waals surface area contributed by atoms with Crippen molar-refractivity contribution >= 4 is 27.6 Å². The van der Waals surface area contributed by atoms with E-state index in [0.29, 0.717) is 52.7 Å². The Kier molecular flexibility index (Phi) is 5.98. The van der Waals surface area contributed by atoms with Gasteiger partial charge < -0.3 is 9.64 Å². The maximum atomic E-state index is 14.2. The van der Waals surface area contributed by atoms with E-state index in [1.165, 1.54) is 6.07 Å². The molecule has 1 aliphatic rings. The van der Waals surface area contributed by atoms with Crippen molar-refractivity contribution in [3.63, 3.8) is 0 Å². The maximum absolute atomic E-state index is 14.2. The first-order chi connectivity index (χ1) is 16.7. The molecule has 2 aromatic carbocycles. The molecule has 7 nitrogen and oxygen atoms in total. The Morgan fingerprint density at radius 3 is 2.57 bits per heavy atom. The smallest absolute Gasteiger partial charge is 0.254 e. The van der Waals surface area contributed by atoms with Gasteiger partial charge in [0.15, 0.2) is 0 Å². The van der Waals surface area contributed by atoms with Crippen LogP contribution in [0.1, 0.15) is 24.2 Å². The number of halogens is 1. The van der Waals surface area contributed by atoms with Gasteiger partial charge in [-0.1, -0.05) is 24.3 Å². The van der Waals surface area contributed by atoms with E-state index in [1.807, 2.05) is 19.9 Å². The Bertz CT molecular complexity index is 1450. The molecule has 5 rings (SSSR count). The molecule has 1 aliphatic heterocycles. The van der Waals surface area contributed by atoms with Gasteiger partial charge in [-0.2, -0.15) is 0 Å². The molecule has 1 unspecified atom stereocenters. The molecule has 9 heteroatoms. The van der Waals surface area contributed by atoms with Crippen LogP contribution in [-0.4, -0.2) is 61.1 Å². The van der Waals surface area contributed by atoms with Gasteiger partial charge in [0.25, 0.3) is 5.91 Å². The van der Waals surface area contributed by atoms with E-state index in [4.69, 9.17) is 4.74 Å². The quantitative estimate of drug-likeness (QED) is 0.426. The lowest BCUT2D eigenvalue weighted by Gasteiger charge is -2.38. The van der Waals surface area contributed by atoms with Gasteiger partial charge in [-0.05, 0) is 32.0 Å². The average molecular weight is 493 g/mol. The fourth-order valence-corrected chi connectivity index (χ4v) is 5.11. The maximum Gasteiger partial charge on any atom is 0.254 e. The van der Waals surface area contributed by atoms with Crippen LogP contribution in [-0.2, 0) is 15.5 Å². The number of fused-ring (bicyclic) bond motifs is 1. The van der Waals surface area contributed by atoms with E-state index >= 15 is 0 Å². The molecule has 0 saturated carbocycles. The second kappa shape index (κ2) is 8.98. The van der Waals surface area contributed by atoms with E-state index in [0.717, 1.165) is 5.39 Å². The van der Waals surface area contributed by atoms with E-state index in [1.54, 1.807) is 64.6 Å². The van der Waals surface area contributed by atoms with Gasteiger partial charge in [0.05, 0.1) is 33.4 Å². The minimum atomic E-state index is -1.26. The second-order valence-corrected chi connectivity index (χ2v) is 10.5. The third kappa shape index (κ3) is 4.49. The highest BCUT2D eigenvalue weighted by Crippen LogP contribution is 2.29. The van der Waals surface area contributed by atoms with Crippen LogP contribution in [0.2, 0.25) is 0 Å². The molecular formula is C26H25FN4O3S. The highest BCUT2D eigenvalue weighted by molar-refractivity contribution is 7.84. The van der Waals surface area contributed by atoms with Crippen LogP contribution in [0.3, 0.4) is 0 Å². The summed E-state index contributed by atoms with van der Waals surface area (Å²) >= 11 is 0. The van der Waals surface area contributed by atoms with E-state index < -0.39 is 16.4 Å². The van der Waals surface area contributed by atoms with Crippen LogP contribution < -0.4 is 0 Å². The summed E-state index contributed by atoms with van der Waals surface area (Å²) in [5.41, 5.74) is 1.75. The van der Waals surface area contributed by atoms with Gasteiger partial charge in [0.2, 0.25) is 5.95 Å². The lowest BCUT2D eigenvalue weighted by Crippen LogP contribution is -2.50. The zero-order valence-electron chi connectivity index (χ0n) is 19.7. The molecule has 1 atom stereocenters. The zero-order chi connectivity index (χ0) is 24.7. The van der Waals surface area contributed by atoms with E-state index in [2.05, 4.69) is 9.97 Å². The number of carbonyl (C=O) groups is 1. The number of amides is 1. The highest BCUT2D eigenvalue weighted by atomic mass is 32.2. The average Bonchev–Trinajstić information content (AvgIpc) is 3.23. The Morgan fingerprint density at radius 2 is 1.89 bits per heavy atom. The Hall–Kier alpha value is -3.43. The number of rotatable bonds is 4. The van der Waals surface area contributed by atoms with Crippen molar-refractivity contribution in [2.75, 3.05) is 26.0 Å². The lowest BCUT2D eigenvalue weighted by atomic mass is 10.1. The number of nitrogens with zero attached hydrogens (tertiary/aromatic N) is 4. The molecular weight excluding hydrogens is 467 g/mol. The Labute approximate surface area is 205 Å². The van der Waals surface area contributed by atoms with Crippen molar-refractivity contribution in [3.8, 4) is 17.1 Å². The summed E-state index contributed by atoms with van der Waals surface area (Å²) in [5.74, 6) is -0.108. The summed E-state index contributed by atoms with van der Waals surface area (Å²) in [7, 11) is -1.26. The molecule has 35 heavy (non-hydrogen) atoms. The van der Waals surface area contributed by atoms with Crippen LogP contribution >= 0.6 is 0 Å². The molecule has 4 aromatic rings. The highest BCUT2D eigenvalue weighted by Gasteiger charge is 2.30. The molecule has 0 N–H and O–H groups in total. The second-order valence-electron chi connectivity index (χ2n) is 9.14. The first-order valence-electron chi connectivity index (χ1n) is 11.2. The zero-order valence-corrected chi connectivity index (χ0v) is 20.5. The van der Waals surface area contributed by atoms with Crippen molar-refractivity contribution in [3.05, 3.63) is 72.4 Å². The molecule has 0 radical (unpaired) electrons. The minimum absolute atomic E-state index is 0.0917. The predicted octanol–water partition coefficient (Wildman–Crippen LogP) is 4.22.